The lowest BCUT2D eigenvalue weighted by atomic mass is 10.1. The molecule has 3 heterocycles. The summed E-state index contributed by atoms with van der Waals surface area (Å²) in [5.41, 5.74) is 6.25. The van der Waals surface area contributed by atoms with Crippen molar-refractivity contribution in [2.24, 2.45) is 4.99 Å². The molecular weight excluding hydrogens is 492 g/mol. The molecule has 6 nitrogen and oxygen atoms in total. The van der Waals surface area contributed by atoms with Crippen molar-refractivity contribution in [2.75, 3.05) is 6.61 Å². The standard InChI is InChI=1S/C31H26N4O2S/c1-20-9-8-10-21(2)28(20)37-16-15-34-18-23(24-13-6-7-14-26(24)34)17-25-29(32)35-27(22-11-4-3-5-12-22)19-38-31(35)33-30(25)36/h3-14,17-19,32H,15-16H2,1-2H3. The molecule has 0 radical (unpaired) electrons. The van der Waals surface area contributed by atoms with Gasteiger partial charge in [-0.15, -0.1) is 0 Å². The zero-order valence-electron chi connectivity index (χ0n) is 21.1. The Morgan fingerprint density at radius 3 is 2.50 bits per heavy atom. The van der Waals surface area contributed by atoms with Gasteiger partial charge in [-0.1, -0.05) is 78.5 Å². The summed E-state index contributed by atoms with van der Waals surface area (Å²) in [5, 5.41) is 12.4. The number of aromatic nitrogens is 1. The first-order valence-corrected chi connectivity index (χ1v) is 13.3. The van der Waals surface area contributed by atoms with Crippen LogP contribution in [-0.4, -0.2) is 33.0 Å². The van der Waals surface area contributed by atoms with Crippen molar-refractivity contribution in [2.45, 2.75) is 20.4 Å². The number of amides is 1. The van der Waals surface area contributed by atoms with Crippen LogP contribution in [0.3, 0.4) is 0 Å². The van der Waals surface area contributed by atoms with Gasteiger partial charge in [-0.3, -0.25) is 15.1 Å². The molecule has 188 valence electrons. The number of carbonyl (C=O) groups excluding carboxylic acids is 1. The Labute approximate surface area is 225 Å². The highest BCUT2D eigenvalue weighted by molar-refractivity contribution is 8.17. The molecule has 1 amide bonds. The monoisotopic (exact) mass is 518 g/mol. The first-order valence-electron chi connectivity index (χ1n) is 12.4. The summed E-state index contributed by atoms with van der Waals surface area (Å²) in [6.45, 7) is 5.27. The number of aliphatic imine (C=N–C) groups is 1. The van der Waals surface area contributed by atoms with Crippen molar-refractivity contribution < 1.29 is 9.53 Å². The molecule has 1 aromatic heterocycles. The summed E-state index contributed by atoms with van der Waals surface area (Å²) in [4.78, 5) is 19.1. The minimum atomic E-state index is -0.397. The molecule has 2 aliphatic heterocycles. The van der Waals surface area contributed by atoms with Gasteiger partial charge in [-0.2, -0.15) is 4.99 Å². The second-order valence-electron chi connectivity index (χ2n) is 9.29. The minimum Gasteiger partial charge on any atom is -0.491 e. The number of nitrogens with zero attached hydrogens (tertiary/aromatic N) is 3. The lowest BCUT2D eigenvalue weighted by Crippen LogP contribution is -2.38. The molecule has 0 atom stereocenters. The molecule has 3 aromatic carbocycles. The van der Waals surface area contributed by atoms with Gasteiger partial charge in [0.05, 0.1) is 17.8 Å². The number of ether oxygens (including phenoxy) is 1. The predicted molar refractivity (Wildman–Crippen MR) is 155 cm³/mol. The molecular formula is C31H26N4O2S. The Morgan fingerprint density at radius 1 is 0.974 bits per heavy atom. The summed E-state index contributed by atoms with van der Waals surface area (Å²) < 4.78 is 8.30. The van der Waals surface area contributed by atoms with Crippen LogP contribution in [0.4, 0.5) is 0 Å². The Hall–Kier alpha value is -4.36. The Bertz CT molecular complexity index is 1660. The highest BCUT2D eigenvalue weighted by Gasteiger charge is 2.36. The van der Waals surface area contributed by atoms with E-state index in [0.717, 1.165) is 44.6 Å². The molecule has 38 heavy (non-hydrogen) atoms. The number of amidine groups is 2. The van der Waals surface area contributed by atoms with Gasteiger partial charge < -0.3 is 9.30 Å². The van der Waals surface area contributed by atoms with Gasteiger partial charge in [-0.05, 0) is 42.7 Å². The molecule has 1 N–H and O–H groups in total. The predicted octanol–water partition coefficient (Wildman–Crippen LogP) is 6.64. The molecule has 0 aliphatic carbocycles. The van der Waals surface area contributed by atoms with Crippen LogP contribution in [0.2, 0.25) is 0 Å². The van der Waals surface area contributed by atoms with Gasteiger partial charge in [0.2, 0.25) is 0 Å². The number of benzene rings is 3. The van der Waals surface area contributed by atoms with Crippen molar-refractivity contribution in [3.05, 3.63) is 112 Å². The van der Waals surface area contributed by atoms with Gasteiger partial charge >= 0.3 is 0 Å². The van der Waals surface area contributed by atoms with Gasteiger partial charge in [0.25, 0.3) is 5.91 Å². The van der Waals surface area contributed by atoms with E-state index in [1.54, 1.807) is 11.0 Å². The quantitative estimate of drug-likeness (QED) is 0.291. The summed E-state index contributed by atoms with van der Waals surface area (Å²) in [6.07, 6.45) is 3.82. The van der Waals surface area contributed by atoms with E-state index in [-0.39, 0.29) is 11.4 Å². The highest BCUT2D eigenvalue weighted by Crippen LogP contribution is 2.37. The van der Waals surface area contributed by atoms with Crippen molar-refractivity contribution in [3.8, 4) is 5.75 Å². The Balaban J connectivity index is 1.31. The van der Waals surface area contributed by atoms with E-state index in [0.29, 0.717) is 18.3 Å². The molecule has 0 saturated heterocycles. The third-order valence-electron chi connectivity index (χ3n) is 6.79. The van der Waals surface area contributed by atoms with Crippen LogP contribution in [0.1, 0.15) is 22.3 Å². The molecule has 6 rings (SSSR count). The zero-order valence-corrected chi connectivity index (χ0v) is 22.0. The van der Waals surface area contributed by atoms with Gasteiger partial charge in [0.1, 0.15) is 18.2 Å². The second kappa shape index (κ2) is 9.84. The fourth-order valence-electron chi connectivity index (χ4n) is 4.92. The number of rotatable bonds is 6. The summed E-state index contributed by atoms with van der Waals surface area (Å²) >= 11 is 1.37. The van der Waals surface area contributed by atoms with E-state index < -0.39 is 5.91 Å². The molecule has 7 heteroatoms. The first kappa shape index (κ1) is 24.0. The highest BCUT2D eigenvalue weighted by atomic mass is 32.2. The average Bonchev–Trinajstić information content (AvgIpc) is 3.50. The van der Waals surface area contributed by atoms with Crippen molar-refractivity contribution in [3.63, 3.8) is 0 Å². The number of carbonyl (C=O) groups is 1. The third-order valence-corrected chi connectivity index (χ3v) is 7.62. The van der Waals surface area contributed by atoms with Crippen molar-refractivity contribution in [1.82, 2.24) is 9.47 Å². The first-order chi connectivity index (χ1) is 18.5. The summed E-state index contributed by atoms with van der Waals surface area (Å²) in [5.74, 6) is 0.661. The molecule has 0 unspecified atom stereocenters. The largest absolute Gasteiger partial charge is 0.491 e. The third kappa shape index (κ3) is 4.25. The number of hydrogen-bond donors (Lipinski definition) is 1. The number of aryl methyl sites for hydroxylation is 2. The number of fused-ring (bicyclic) bond motifs is 2. The van der Waals surface area contributed by atoms with E-state index in [2.05, 4.69) is 41.6 Å². The molecule has 0 bridgehead atoms. The van der Waals surface area contributed by atoms with E-state index >= 15 is 0 Å². The number of thioether (sulfide) groups is 1. The molecule has 2 aliphatic rings. The smallest absolute Gasteiger partial charge is 0.283 e. The van der Waals surface area contributed by atoms with E-state index in [4.69, 9.17) is 10.1 Å². The van der Waals surface area contributed by atoms with Gasteiger partial charge in [0, 0.05) is 28.1 Å². The molecule has 0 spiro atoms. The number of nitrogens with one attached hydrogen (secondary N) is 1. The maximum Gasteiger partial charge on any atom is 0.283 e. The Morgan fingerprint density at radius 2 is 1.71 bits per heavy atom. The van der Waals surface area contributed by atoms with Crippen molar-refractivity contribution >= 4 is 51.3 Å². The van der Waals surface area contributed by atoms with Crippen molar-refractivity contribution in [1.29, 1.82) is 5.41 Å². The van der Waals surface area contributed by atoms with Crippen LogP contribution in [-0.2, 0) is 11.3 Å². The number of hydrogen-bond acceptors (Lipinski definition) is 4. The average molecular weight is 519 g/mol. The summed E-state index contributed by atoms with van der Waals surface area (Å²) in [7, 11) is 0. The maximum absolute atomic E-state index is 13.0. The Kier molecular flexibility index (Phi) is 6.21. The van der Waals surface area contributed by atoms with Crippen LogP contribution >= 0.6 is 11.8 Å². The fourth-order valence-corrected chi connectivity index (χ4v) is 5.81. The second-order valence-corrected chi connectivity index (χ2v) is 10.1. The fraction of sp³-hybridized carbons (Fsp3) is 0.129. The maximum atomic E-state index is 13.0. The van der Waals surface area contributed by atoms with Gasteiger partial charge in [-0.25, -0.2) is 0 Å². The topological polar surface area (TPSA) is 70.7 Å². The minimum absolute atomic E-state index is 0.135. The molecule has 0 fully saturated rings. The van der Waals surface area contributed by atoms with Crippen LogP contribution in [0.25, 0.3) is 22.7 Å². The van der Waals surface area contributed by atoms with Crippen LogP contribution in [0.15, 0.2) is 95.0 Å². The lowest BCUT2D eigenvalue weighted by molar-refractivity contribution is -0.114. The van der Waals surface area contributed by atoms with Gasteiger partial charge in [0.15, 0.2) is 5.17 Å². The van der Waals surface area contributed by atoms with Crippen LogP contribution in [0, 0.1) is 19.3 Å². The van der Waals surface area contributed by atoms with Crippen LogP contribution < -0.4 is 4.74 Å². The molecule has 4 aromatic rings. The van der Waals surface area contributed by atoms with Crippen LogP contribution in [0.5, 0.6) is 5.75 Å². The number of para-hydroxylation sites is 2. The van der Waals surface area contributed by atoms with E-state index in [1.165, 1.54) is 11.8 Å². The molecule has 0 saturated carbocycles. The lowest BCUT2D eigenvalue weighted by Gasteiger charge is -2.26. The van der Waals surface area contributed by atoms with E-state index in [9.17, 15) is 4.79 Å². The SMILES string of the molecule is Cc1cccc(C)c1OCCn1cc(C=C2C(=N)N3C(c4ccccc4)=CSC3=NC2=O)c2ccccc21. The normalized spacial score (nSPS) is 16.2. The zero-order chi connectivity index (χ0) is 26.2. The summed E-state index contributed by atoms with van der Waals surface area (Å²) in [6, 6.07) is 24.1. The van der Waals surface area contributed by atoms with E-state index in [1.807, 2.05) is 66.2 Å².